The van der Waals surface area contributed by atoms with E-state index in [9.17, 15) is 0 Å². The highest BCUT2D eigenvalue weighted by Gasteiger charge is 2.11. The first-order chi connectivity index (χ1) is 9.54. The Labute approximate surface area is 127 Å². The summed E-state index contributed by atoms with van der Waals surface area (Å²) in [5.74, 6) is 1.02. The lowest BCUT2D eigenvalue weighted by atomic mass is 10.0. The van der Waals surface area contributed by atoms with Gasteiger partial charge in [0.2, 0.25) is 5.89 Å². The van der Waals surface area contributed by atoms with Crippen molar-refractivity contribution in [2.24, 2.45) is 0 Å². The fraction of sp³-hybridized carbons (Fsp3) is 0.188. The fourth-order valence-corrected chi connectivity index (χ4v) is 2.35. The molecule has 102 valence electrons. The minimum absolute atomic E-state index is 0.463. The third kappa shape index (κ3) is 2.41. The number of benzene rings is 2. The molecular formula is C16H13Cl2NO. The molecule has 0 amide bonds. The van der Waals surface area contributed by atoms with Gasteiger partial charge in [-0.1, -0.05) is 43.1 Å². The molecule has 0 fully saturated rings. The number of fused-ring (bicyclic) bond motifs is 1. The molecule has 2 aromatic carbocycles. The molecule has 3 rings (SSSR count). The molecule has 0 saturated carbocycles. The zero-order valence-electron chi connectivity index (χ0n) is 11.2. The molecule has 3 aromatic rings. The van der Waals surface area contributed by atoms with Crippen LogP contribution in [0, 0.1) is 0 Å². The van der Waals surface area contributed by atoms with Gasteiger partial charge < -0.3 is 4.42 Å². The molecule has 4 heteroatoms. The Morgan fingerprint density at radius 3 is 2.50 bits per heavy atom. The smallest absolute Gasteiger partial charge is 0.227 e. The van der Waals surface area contributed by atoms with Crippen LogP contribution in [0.5, 0.6) is 0 Å². The Morgan fingerprint density at radius 2 is 1.80 bits per heavy atom. The molecule has 0 spiro atoms. The lowest BCUT2D eigenvalue weighted by molar-refractivity contribution is 0.619. The number of hydrogen-bond donors (Lipinski definition) is 0. The summed E-state index contributed by atoms with van der Waals surface area (Å²) in [5, 5.41) is 1.02. The monoisotopic (exact) mass is 305 g/mol. The number of rotatable bonds is 2. The molecule has 0 aliphatic heterocycles. The van der Waals surface area contributed by atoms with Gasteiger partial charge in [-0.25, -0.2) is 4.98 Å². The second-order valence-electron chi connectivity index (χ2n) is 5.03. The summed E-state index contributed by atoms with van der Waals surface area (Å²) in [4.78, 5) is 4.53. The molecule has 0 N–H and O–H groups in total. The Bertz CT molecular complexity index is 777. The van der Waals surface area contributed by atoms with Gasteiger partial charge in [-0.15, -0.1) is 0 Å². The van der Waals surface area contributed by atoms with Crippen molar-refractivity contribution in [1.82, 2.24) is 4.98 Å². The predicted molar refractivity (Wildman–Crippen MR) is 83.6 cm³/mol. The average molecular weight is 306 g/mol. The number of hydrogen-bond acceptors (Lipinski definition) is 2. The molecule has 0 radical (unpaired) electrons. The average Bonchev–Trinajstić information content (AvgIpc) is 2.84. The molecule has 1 heterocycles. The number of nitrogens with zero attached hydrogens (tertiary/aromatic N) is 1. The summed E-state index contributed by atoms with van der Waals surface area (Å²) in [6.45, 7) is 4.31. The van der Waals surface area contributed by atoms with Gasteiger partial charge in [0.25, 0.3) is 0 Å². The standard InChI is InChI=1S/C16H13Cl2NO/c1-9(2)10-4-6-15-14(8-10)19-16(20-15)11-3-5-12(17)13(18)7-11/h3-9H,1-2H3. The summed E-state index contributed by atoms with van der Waals surface area (Å²) in [6.07, 6.45) is 0. The zero-order chi connectivity index (χ0) is 14.3. The lowest BCUT2D eigenvalue weighted by Crippen LogP contribution is -1.85. The van der Waals surface area contributed by atoms with E-state index >= 15 is 0 Å². The Hall–Kier alpha value is -1.51. The van der Waals surface area contributed by atoms with Gasteiger partial charge in [0, 0.05) is 5.56 Å². The second kappa shape index (κ2) is 5.12. The normalized spacial score (nSPS) is 11.4. The van der Waals surface area contributed by atoms with Gasteiger partial charge in [-0.2, -0.15) is 0 Å². The molecular weight excluding hydrogens is 293 g/mol. The highest BCUT2D eigenvalue weighted by Crippen LogP contribution is 2.30. The molecule has 0 saturated heterocycles. The Morgan fingerprint density at radius 1 is 1.00 bits per heavy atom. The van der Waals surface area contributed by atoms with Gasteiger partial charge in [-0.3, -0.25) is 0 Å². The van der Waals surface area contributed by atoms with E-state index in [-0.39, 0.29) is 0 Å². The molecule has 0 unspecified atom stereocenters. The highest BCUT2D eigenvalue weighted by atomic mass is 35.5. The van der Waals surface area contributed by atoms with Crippen molar-refractivity contribution >= 4 is 34.3 Å². The van der Waals surface area contributed by atoms with E-state index in [2.05, 4.69) is 31.0 Å². The maximum absolute atomic E-state index is 6.03. The van der Waals surface area contributed by atoms with Gasteiger partial charge in [0.05, 0.1) is 10.0 Å². The van der Waals surface area contributed by atoms with E-state index in [4.69, 9.17) is 27.6 Å². The van der Waals surface area contributed by atoms with E-state index in [1.807, 2.05) is 12.1 Å². The molecule has 0 aliphatic carbocycles. The van der Waals surface area contributed by atoms with Crippen molar-refractivity contribution in [3.8, 4) is 11.5 Å². The van der Waals surface area contributed by atoms with Gasteiger partial charge in [0.15, 0.2) is 5.58 Å². The van der Waals surface area contributed by atoms with Gasteiger partial charge in [-0.05, 0) is 41.8 Å². The number of aromatic nitrogens is 1. The van der Waals surface area contributed by atoms with Gasteiger partial charge >= 0.3 is 0 Å². The quantitative estimate of drug-likeness (QED) is 0.587. The first-order valence-corrected chi connectivity index (χ1v) is 7.16. The molecule has 0 bridgehead atoms. The van der Waals surface area contributed by atoms with Crippen LogP contribution in [0.1, 0.15) is 25.3 Å². The van der Waals surface area contributed by atoms with Crippen molar-refractivity contribution < 1.29 is 4.42 Å². The van der Waals surface area contributed by atoms with Crippen molar-refractivity contribution in [2.75, 3.05) is 0 Å². The van der Waals surface area contributed by atoms with E-state index in [1.165, 1.54) is 5.56 Å². The minimum Gasteiger partial charge on any atom is -0.436 e. The van der Waals surface area contributed by atoms with Crippen molar-refractivity contribution in [3.63, 3.8) is 0 Å². The third-order valence-corrected chi connectivity index (χ3v) is 3.98. The first-order valence-electron chi connectivity index (χ1n) is 6.40. The summed E-state index contributed by atoms with van der Waals surface area (Å²) in [7, 11) is 0. The Balaban J connectivity index is 2.10. The minimum atomic E-state index is 0.463. The van der Waals surface area contributed by atoms with Crippen LogP contribution < -0.4 is 0 Å². The van der Waals surface area contributed by atoms with Gasteiger partial charge in [0.1, 0.15) is 5.52 Å². The van der Waals surface area contributed by atoms with Crippen LogP contribution >= 0.6 is 23.2 Å². The Kier molecular flexibility index (Phi) is 3.45. The first kappa shape index (κ1) is 13.5. The summed E-state index contributed by atoms with van der Waals surface area (Å²) in [5.41, 5.74) is 3.70. The summed E-state index contributed by atoms with van der Waals surface area (Å²) in [6, 6.07) is 11.4. The SMILES string of the molecule is CC(C)c1ccc2oc(-c3ccc(Cl)c(Cl)c3)nc2c1. The molecule has 1 aromatic heterocycles. The molecule has 20 heavy (non-hydrogen) atoms. The van der Waals surface area contributed by atoms with E-state index < -0.39 is 0 Å². The number of halogens is 2. The van der Waals surface area contributed by atoms with E-state index in [1.54, 1.807) is 12.1 Å². The predicted octanol–water partition coefficient (Wildman–Crippen LogP) is 5.93. The van der Waals surface area contributed by atoms with Crippen LogP contribution in [0.2, 0.25) is 10.0 Å². The molecule has 0 atom stereocenters. The van der Waals surface area contributed by atoms with Crippen molar-refractivity contribution in [1.29, 1.82) is 0 Å². The van der Waals surface area contributed by atoms with Crippen molar-refractivity contribution in [2.45, 2.75) is 19.8 Å². The van der Waals surface area contributed by atoms with Crippen LogP contribution in [-0.2, 0) is 0 Å². The zero-order valence-corrected chi connectivity index (χ0v) is 12.7. The maximum Gasteiger partial charge on any atom is 0.227 e. The lowest BCUT2D eigenvalue weighted by Gasteiger charge is -2.02. The van der Waals surface area contributed by atoms with Crippen LogP contribution in [0.15, 0.2) is 40.8 Å². The fourth-order valence-electron chi connectivity index (χ4n) is 2.06. The van der Waals surface area contributed by atoms with Crippen LogP contribution in [0.25, 0.3) is 22.6 Å². The largest absolute Gasteiger partial charge is 0.436 e. The summed E-state index contributed by atoms with van der Waals surface area (Å²) >= 11 is 11.9. The van der Waals surface area contributed by atoms with E-state index in [0.29, 0.717) is 21.9 Å². The van der Waals surface area contributed by atoms with Crippen molar-refractivity contribution in [3.05, 3.63) is 52.0 Å². The van der Waals surface area contributed by atoms with E-state index in [0.717, 1.165) is 16.7 Å². The van der Waals surface area contributed by atoms with Crippen LogP contribution in [-0.4, -0.2) is 4.98 Å². The molecule has 2 nitrogen and oxygen atoms in total. The summed E-state index contributed by atoms with van der Waals surface area (Å²) < 4.78 is 5.77. The molecule has 0 aliphatic rings. The maximum atomic E-state index is 6.03. The van der Waals surface area contributed by atoms with Crippen LogP contribution in [0.3, 0.4) is 0 Å². The number of oxazole rings is 1. The topological polar surface area (TPSA) is 26.0 Å². The highest BCUT2D eigenvalue weighted by molar-refractivity contribution is 6.42. The third-order valence-electron chi connectivity index (χ3n) is 3.24. The second-order valence-corrected chi connectivity index (χ2v) is 5.84. The van der Waals surface area contributed by atoms with Crippen LogP contribution in [0.4, 0.5) is 0 Å².